The van der Waals surface area contributed by atoms with Crippen LogP contribution in [0.15, 0.2) is 22.4 Å². The summed E-state index contributed by atoms with van der Waals surface area (Å²) in [7, 11) is -3.88. The van der Waals surface area contributed by atoms with Gasteiger partial charge >= 0.3 is 0 Å². The lowest BCUT2D eigenvalue weighted by atomic mass is 10.0. The van der Waals surface area contributed by atoms with Crippen LogP contribution in [0.4, 0.5) is 0 Å². The zero-order valence-electron chi connectivity index (χ0n) is 13.1. The van der Waals surface area contributed by atoms with Crippen molar-refractivity contribution in [1.82, 2.24) is 14.8 Å². The molecule has 0 bridgehead atoms. The number of nitrogens with one attached hydrogen (secondary N) is 1. The van der Waals surface area contributed by atoms with Crippen molar-refractivity contribution >= 4 is 49.1 Å². The number of hydroxylamine groups is 1. The second-order valence-corrected chi connectivity index (χ2v) is 9.94. The molecule has 2 aliphatic rings. The van der Waals surface area contributed by atoms with Crippen LogP contribution >= 0.6 is 22.9 Å². The fourth-order valence-electron chi connectivity index (χ4n) is 4.00. The maximum Gasteiger partial charge on any atom is 0.261 e. The van der Waals surface area contributed by atoms with E-state index in [1.165, 1.54) is 10.4 Å². The van der Waals surface area contributed by atoms with Gasteiger partial charge in [-0.25, -0.2) is 18.9 Å². The molecule has 0 radical (unpaired) electrons. The van der Waals surface area contributed by atoms with Gasteiger partial charge in [0.1, 0.15) is 15.4 Å². The lowest BCUT2D eigenvalue weighted by molar-refractivity contribution is -0.132. The summed E-state index contributed by atoms with van der Waals surface area (Å²) in [5.74, 6) is -0.528. The SMILES string of the molecule is O=C(NO)C1C[C@H]2CCC[C@H]2N1S(=O)(=O)c1cc2nc(Cl)ccc2s1. The Labute approximate surface area is 153 Å². The van der Waals surface area contributed by atoms with Gasteiger partial charge in [0.15, 0.2) is 0 Å². The number of thiophene rings is 1. The number of rotatable bonds is 3. The van der Waals surface area contributed by atoms with E-state index in [-0.39, 0.29) is 16.2 Å². The van der Waals surface area contributed by atoms with Crippen LogP contribution < -0.4 is 5.48 Å². The summed E-state index contributed by atoms with van der Waals surface area (Å²) >= 11 is 6.99. The van der Waals surface area contributed by atoms with Crippen molar-refractivity contribution in [3.05, 3.63) is 23.4 Å². The van der Waals surface area contributed by atoms with E-state index in [0.29, 0.717) is 21.8 Å². The predicted octanol–water partition coefficient (Wildman–Crippen LogP) is 2.39. The van der Waals surface area contributed by atoms with Crippen LogP contribution in [0.2, 0.25) is 5.15 Å². The van der Waals surface area contributed by atoms with E-state index in [0.717, 1.165) is 30.6 Å². The first-order valence-corrected chi connectivity index (χ1v) is 10.6. The normalized spacial score (nSPS) is 26.9. The van der Waals surface area contributed by atoms with Crippen molar-refractivity contribution in [2.24, 2.45) is 5.92 Å². The molecule has 2 N–H and O–H groups in total. The maximum atomic E-state index is 13.3. The number of carbonyl (C=O) groups is 1. The molecule has 2 aromatic heterocycles. The number of hydrogen-bond donors (Lipinski definition) is 2. The monoisotopic (exact) mass is 401 g/mol. The number of amides is 1. The fourth-order valence-corrected chi connectivity index (χ4v) is 7.45. The molecular weight excluding hydrogens is 386 g/mol. The first-order valence-electron chi connectivity index (χ1n) is 7.95. The Morgan fingerprint density at radius 2 is 2.20 bits per heavy atom. The fraction of sp³-hybridized carbons (Fsp3) is 0.467. The minimum atomic E-state index is -3.88. The molecule has 10 heteroatoms. The molecule has 1 aliphatic heterocycles. The van der Waals surface area contributed by atoms with Crippen LogP contribution in [0.1, 0.15) is 25.7 Å². The van der Waals surface area contributed by atoms with Crippen LogP contribution in [0, 0.1) is 5.92 Å². The third-order valence-corrected chi connectivity index (χ3v) is 8.72. The van der Waals surface area contributed by atoms with Crippen molar-refractivity contribution in [1.29, 1.82) is 0 Å². The maximum absolute atomic E-state index is 13.3. The minimum Gasteiger partial charge on any atom is -0.289 e. The topological polar surface area (TPSA) is 99.6 Å². The predicted molar refractivity (Wildman–Crippen MR) is 93.1 cm³/mol. The summed E-state index contributed by atoms with van der Waals surface area (Å²) in [5.41, 5.74) is 2.13. The molecule has 25 heavy (non-hydrogen) atoms. The zero-order valence-corrected chi connectivity index (χ0v) is 15.4. The molecule has 1 aliphatic carbocycles. The number of halogens is 1. The molecule has 7 nitrogen and oxygen atoms in total. The van der Waals surface area contributed by atoms with E-state index in [1.807, 2.05) is 0 Å². The lowest BCUT2D eigenvalue weighted by Crippen LogP contribution is -2.47. The van der Waals surface area contributed by atoms with Gasteiger partial charge in [-0.1, -0.05) is 18.0 Å². The number of carbonyl (C=O) groups excluding carboxylic acids is 1. The average Bonchev–Trinajstić information content (AvgIpc) is 3.26. The Morgan fingerprint density at radius 1 is 1.40 bits per heavy atom. The van der Waals surface area contributed by atoms with Gasteiger partial charge < -0.3 is 0 Å². The highest BCUT2D eigenvalue weighted by molar-refractivity contribution is 7.91. The second-order valence-electron chi connectivity index (χ2n) is 6.40. The van der Waals surface area contributed by atoms with Crippen molar-refractivity contribution < 1.29 is 18.4 Å². The number of aromatic nitrogens is 1. The van der Waals surface area contributed by atoms with E-state index in [4.69, 9.17) is 16.8 Å². The zero-order chi connectivity index (χ0) is 17.8. The molecule has 2 fully saturated rings. The van der Waals surface area contributed by atoms with Gasteiger partial charge in [0.05, 0.1) is 10.2 Å². The van der Waals surface area contributed by atoms with Crippen LogP contribution in [-0.4, -0.2) is 40.9 Å². The summed E-state index contributed by atoms with van der Waals surface area (Å²) in [6.07, 6.45) is 3.01. The highest BCUT2D eigenvalue weighted by Gasteiger charge is 2.52. The molecule has 4 rings (SSSR count). The number of pyridine rings is 1. The molecular formula is C15H16ClN3O4S2. The van der Waals surface area contributed by atoms with Crippen molar-refractivity contribution in [3.63, 3.8) is 0 Å². The van der Waals surface area contributed by atoms with Crippen molar-refractivity contribution in [2.75, 3.05) is 0 Å². The molecule has 1 saturated carbocycles. The van der Waals surface area contributed by atoms with Crippen LogP contribution in [-0.2, 0) is 14.8 Å². The minimum absolute atomic E-state index is 0.139. The van der Waals surface area contributed by atoms with Crippen LogP contribution in [0.5, 0.6) is 0 Å². The Hall–Kier alpha value is -1.26. The van der Waals surface area contributed by atoms with E-state index in [2.05, 4.69) is 4.98 Å². The van der Waals surface area contributed by atoms with Gasteiger partial charge in [-0.15, -0.1) is 11.3 Å². The highest BCUT2D eigenvalue weighted by Crippen LogP contribution is 2.45. The van der Waals surface area contributed by atoms with E-state index in [1.54, 1.807) is 17.6 Å². The Bertz CT molecular complexity index is 945. The Balaban J connectivity index is 1.79. The number of nitrogens with zero attached hydrogens (tertiary/aromatic N) is 2. The van der Waals surface area contributed by atoms with E-state index >= 15 is 0 Å². The molecule has 0 aromatic carbocycles. The Morgan fingerprint density at radius 3 is 2.96 bits per heavy atom. The first-order chi connectivity index (χ1) is 11.9. The van der Waals surface area contributed by atoms with Gasteiger partial charge in [0, 0.05) is 6.04 Å². The average molecular weight is 402 g/mol. The lowest BCUT2D eigenvalue weighted by Gasteiger charge is -2.26. The van der Waals surface area contributed by atoms with Gasteiger partial charge in [-0.3, -0.25) is 10.0 Å². The second kappa shape index (κ2) is 6.17. The molecule has 1 unspecified atom stereocenters. The molecule has 134 valence electrons. The number of hydrogen-bond acceptors (Lipinski definition) is 6. The number of sulfonamides is 1. The highest BCUT2D eigenvalue weighted by atomic mass is 35.5. The third-order valence-electron chi connectivity index (χ3n) is 5.04. The van der Waals surface area contributed by atoms with Crippen molar-refractivity contribution in [2.45, 2.75) is 42.0 Å². The van der Waals surface area contributed by atoms with E-state index < -0.39 is 22.0 Å². The van der Waals surface area contributed by atoms with Crippen LogP contribution in [0.3, 0.4) is 0 Å². The molecule has 3 atom stereocenters. The van der Waals surface area contributed by atoms with Gasteiger partial charge in [0.25, 0.3) is 15.9 Å². The smallest absolute Gasteiger partial charge is 0.261 e. The van der Waals surface area contributed by atoms with Gasteiger partial charge in [-0.05, 0) is 43.4 Å². The first kappa shape index (κ1) is 17.2. The summed E-state index contributed by atoms with van der Waals surface area (Å²) in [4.78, 5) is 16.2. The largest absolute Gasteiger partial charge is 0.289 e. The molecule has 3 heterocycles. The summed E-state index contributed by atoms with van der Waals surface area (Å²) < 4.78 is 28.7. The number of fused-ring (bicyclic) bond motifs is 2. The summed E-state index contributed by atoms with van der Waals surface area (Å²) in [5, 5.41) is 9.31. The quantitative estimate of drug-likeness (QED) is 0.467. The summed E-state index contributed by atoms with van der Waals surface area (Å²) in [6.45, 7) is 0. The molecule has 0 spiro atoms. The molecule has 2 aromatic rings. The van der Waals surface area contributed by atoms with Crippen molar-refractivity contribution in [3.8, 4) is 0 Å². The standard InChI is InChI=1S/C15H16ClN3O4S2/c16-13-5-4-12-9(17-13)7-14(24-12)25(22,23)19-10-3-1-2-8(10)6-11(19)15(20)18-21/h4-5,7-8,10-11,21H,1-3,6H2,(H,18,20)/t8-,10-,11?/m1/s1. The van der Waals surface area contributed by atoms with Gasteiger partial charge in [-0.2, -0.15) is 4.31 Å². The molecule has 1 saturated heterocycles. The van der Waals surface area contributed by atoms with E-state index in [9.17, 15) is 13.2 Å². The Kier molecular flexibility index (Phi) is 4.24. The third kappa shape index (κ3) is 2.74. The van der Waals surface area contributed by atoms with Gasteiger partial charge in [0.2, 0.25) is 0 Å². The summed E-state index contributed by atoms with van der Waals surface area (Å²) in [6, 6.07) is 3.76. The van der Waals surface area contributed by atoms with Crippen LogP contribution in [0.25, 0.3) is 10.2 Å². The molecule has 1 amide bonds.